The number of nitrogens with one attached hydrogen (secondary N) is 2. The molecule has 0 saturated heterocycles. The van der Waals surface area contributed by atoms with E-state index in [9.17, 15) is 23.1 Å². The molecule has 3 rings (SSSR count). The van der Waals surface area contributed by atoms with Gasteiger partial charge < -0.3 is 15.2 Å². The Kier molecular flexibility index (Phi) is 6.37. The van der Waals surface area contributed by atoms with Gasteiger partial charge in [0, 0.05) is 29.8 Å². The van der Waals surface area contributed by atoms with Crippen LogP contribution in [0.4, 0.5) is 5.69 Å². The maximum absolute atomic E-state index is 13.0. The number of hydrogen-bond donors (Lipinski definition) is 3. The molecule has 1 aromatic carbocycles. The smallest absolute Gasteiger partial charge is 0.356 e. The zero-order chi connectivity index (χ0) is 22.9. The summed E-state index contributed by atoms with van der Waals surface area (Å²) >= 11 is 0. The Labute approximate surface area is 180 Å². The number of carboxylic acids is 1. The molecule has 0 unspecified atom stereocenters. The SMILES string of the molecule is CCn1nc(C(=O)O)c(C)c1Oc1ccc(NC(=O)C2CC2)cc1S(=O)(=O)NC(C)C. The number of carbonyl (C=O) groups is 2. The second kappa shape index (κ2) is 8.67. The quantitative estimate of drug-likeness (QED) is 0.534. The molecule has 1 saturated carbocycles. The van der Waals surface area contributed by atoms with Crippen molar-refractivity contribution in [2.24, 2.45) is 5.92 Å². The van der Waals surface area contributed by atoms with E-state index in [2.05, 4.69) is 15.1 Å². The van der Waals surface area contributed by atoms with Crippen LogP contribution in [0.2, 0.25) is 0 Å². The first kappa shape index (κ1) is 22.8. The number of aromatic nitrogens is 2. The second-order valence-electron chi connectivity index (χ2n) is 7.70. The van der Waals surface area contributed by atoms with Crippen molar-refractivity contribution in [2.75, 3.05) is 5.32 Å². The molecule has 168 valence electrons. The van der Waals surface area contributed by atoms with E-state index in [1.807, 2.05) is 0 Å². The van der Waals surface area contributed by atoms with Crippen LogP contribution in [0.25, 0.3) is 0 Å². The molecule has 1 aliphatic carbocycles. The summed E-state index contributed by atoms with van der Waals surface area (Å²) < 4.78 is 35.7. The Morgan fingerprint density at radius 1 is 1.32 bits per heavy atom. The van der Waals surface area contributed by atoms with Crippen LogP contribution < -0.4 is 14.8 Å². The molecule has 1 aliphatic rings. The predicted octanol–water partition coefficient (Wildman–Crippen LogP) is 2.74. The van der Waals surface area contributed by atoms with Gasteiger partial charge in [-0.15, -0.1) is 0 Å². The monoisotopic (exact) mass is 450 g/mol. The number of carboxylic acid groups (broad SMARTS) is 1. The molecule has 3 N–H and O–H groups in total. The lowest BCUT2D eigenvalue weighted by Gasteiger charge is -2.16. The van der Waals surface area contributed by atoms with Crippen LogP contribution in [-0.2, 0) is 21.4 Å². The minimum Gasteiger partial charge on any atom is -0.476 e. The number of benzene rings is 1. The standard InChI is InChI=1S/C20H26N4O6S/c1-5-24-19(12(4)17(22-24)20(26)27)30-15-9-8-14(21-18(25)13-6-7-13)10-16(15)31(28,29)23-11(2)3/h8-11,13,23H,5-7H2,1-4H3,(H,21,25)(H,26,27). The van der Waals surface area contributed by atoms with Gasteiger partial charge in [-0.25, -0.2) is 22.6 Å². The van der Waals surface area contributed by atoms with E-state index in [0.29, 0.717) is 12.2 Å². The third kappa shape index (κ3) is 5.05. The van der Waals surface area contributed by atoms with Crippen LogP contribution in [0, 0.1) is 12.8 Å². The first-order valence-corrected chi connectivity index (χ1v) is 11.5. The lowest BCUT2D eigenvalue weighted by molar-refractivity contribution is -0.117. The van der Waals surface area contributed by atoms with Gasteiger partial charge in [0.2, 0.25) is 21.8 Å². The fourth-order valence-corrected chi connectivity index (χ4v) is 4.43. The molecule has 2 aromatic rings. The Morgan fingerprint density at radius 3 is 2.55 bits per heavy atom. The highest BCUT2D eigenvalue weighted by molar-refractivity contribution is 7.89. The van der Waals surface area contributed by atoms with Crippen molar-refractivity contribution in [3.63, 3.8) is 0 Å². The zero-order valence-corrected chi connectivity index (χ0v) is 18.6. The Bertz CT molecular complexity index is 1120. The number of aromatic carboxylic acids is 1. The summed E-state index contributed by atoms with van der Waals surface area (Å²) in [6.07, 6.45) is 1.64. The number of nitrogens with zero attached hydrogens (tertiary/aromatic N) is 2. The highest BCUT2D eigenvalue weighted by Gasteiger charge is 2.30. The molecule has 31 heavy (non-hydrogen) atoms. The molecule has 1 heterocycles. The third-order valence-corrected chi connectivity index (χ3v) is 6.36. The van der Waals surface area contributed by atoms with Gasteiger partial charge in [0.05, 0.1) is 0 Å². The van der Waals surface area contributed by atoms with E-state index < -0.39 is 16.0 Å². The van der Waals surface area contributed by atoms with Gasteiger partial charge in [-0.1, -0.05) is 0 Å². The van der Waals surface area contributed by atoms with Gasteiger partial charge in [0.25, 0.3) is 0 Å². The Morgan fingerprint density at radius 2 is 2.00 bits per heavy atom. The maximum Gasteiger partial charge on any atom is 0.356 e. The Hall–Kier alpha value is -2.92. The van der Waals surface area contributed by atoms with Gasteiger partial charge in [-0.2, -0.15) is 5.10 Å². The first-order valence-electron chi connectivity index (χ1n) is 9.99. The van der Waals surface area contributed by atoms with Crippen LogP contribution in [0.3, 0.4) is 0 Å². The fraction of sp³-hybridized carbons (Fsp3) is 0.450. The van der Waals surface area contributed by atoms with E-state index in [-0.39, 0.29) is 45.6 Å². The molecule has 0 aliphatic heterocycles. The predicted molar refractivity (Wildman–Crippen MR) is 113 cm³/mol. The van der Waals surface area contributed by atoms with Crippen LogP contribution >= 0.6 is 0 Å². The molecule has 1 amide bonds. The molecule has 11 heteroatoms. The van der Waals surface area contributed by atoms with Crippen molar-refractivity contribution in [2.45, 2.75) is 58.0 Å². The van der Waals surface area contributed by atoms with Crippen molar-refractivity contribution in [3.8, 4) is 11.6 Å². The number of hydrogen-bond acceptors (Lipinski definition) is 6. The number of carbonyl (C=O) groups excluding carboxylic acids is 1. The number of ether oxygens (including phenoxy) is 1. The lowest BCUT2D eigenvalue weighted by atomic mass is 10.2. The first-order chi connectivity index (χ1) is 14.5. The minimum absolute atomic E-state index is 0.00721. The van der Waals surface area contributed by atoms with E-state index in [0.717, 1.165) is 12.8 Å². The van der Waals surface area contributed by atoms with E-state index in [1.165, 1.54) is 16.8 Å². The summed E-state index contributed by atoms with van der Waals surface area (Å²) in [6.45, 7) is 7.01. The number of aryl methyl sites for hydroxylation is 1. The molecular formula is C20H26N4O6S. The number of anilines is 1. The van der Waals surface area contributed by atoms with Gasteiger partial charge in [-0.05, 0) is 58.7 Å². The number of sulfonamides is 1. The molecule has 0 atom stereocenters. The summed E-state index contributed by atoms with van der Waals surface area (Å²) in [6, 6.07) is 3.94. The largest absolute Gasteiger partial charge is 0.476 e. The molecule has 0 radical (unpaired) electrons. The topological polar surface area (TPSA) is 140 Å². The molecule has 10 nitrogen and oxygen atoms in total. The summed E-state index contributed by atoms with van der Waals surface area (Å²) in [5.74, 6) is -1.27. The van der Waals surface area contributed by atoms with Gasteiger partial charge in [0.15, 0.2) is 5.69 Å². The summed E-state index contributed by atoms with van der Waals surface area (Å²) in [5, 5.41) is 16.1. The van der Waals surface area contributed by atoms with Crippen molar-refractivity contribution in [3.05, 3.63) is 29.5 Å². The molecule has 1 aromatic heterocycles. The normalized spacial score (nSPS) is 14.0. The van der Waals surface area contributed by atoms with Crippen molar-refractivity contribution in [1.29, 1.82) is 0 Å². The summed E-state index contributed by atoms with van der Waals surface area (Å²) in [4.78, 5) is 23.4. The minimum atomic E-state index is -3.99. The van der Waals surface area contributed by atoms with Gasteiger partial charge in [0.1, 0.15) is 10.6 Å². The van der Waals surface area contributed by atoms with E-state index >= 15 is 0 Å². The molecule has 0 bridgehead atoms. The van der Waals surface area contributed by atoms with Crippen LogP contribution in [0.1, 0.15) is 49.7 Å². The second-order valence-corrected chi connectivity index (χ2v) is 9.39. The molecular weight excluding hydrogens is 424 g/mol. The third-order valence-electron chi connectivity index (χ3n) is 4.68. The zero-order valence-electron chi connectivity index (χ0n) is 17.8. The maximum atomic E-state index is 13.0. The van der Waals surface area contributed by atoms with Crippen molar-refractivity contribution < 1.29 is 27.9 Å². The number of amides is 1. The highest BCUT2D eigenvalue weighted by atomic mass is 32.2. The van der Waals surface area contributed by atoms with Crippen LogP contribution in [-0.4, -0.2) is 41.2 Å². The fourth-order valence-electron chi connectivity index (χ4n) is 3.03. The average molecular weight is 451 g/mol. The van der Waals surface area contributed by atoms with E-state index in [1.54, 1.807) is 33.8 Å². The number of rotatable bonds is 9. The average Bonchev–Trinajstić information content (AvgIpc) is 3.47. The highest BCUT2D eigenvalue weighted by Crippen LogP contribution is 2.35. The van der Waals surface area contributed by atoms with Gasteiger partial charge >= 0.3 is 5.97 Å². The Balaban J connectivity index is 2.05. The molecule has 1 fully saturated rings. The van der Waals surface area contributed by atoms with Crippen LogP contribution in [0.15, 0.2) is 23.1 Å². The van der Waals surface area contributed by atoms with Gasteiger partial charge in [-0.3, -0.25) is 4.79 Å². The van der Waals surface area contributed by atoms with Crippen molar-refractivity contribution >= 4 is 27.6 Å². The van der Waals surface area contributed by atoms with Crippen LogP contribution in [0.5, 0.6) is 11.6 Å². The van der Waals surface area contributed by atoms with E-state index in [4.69, 9.17) is 4.74 Å². The van der Waals surface area contributed by atoms with Crippen molar-refractivity contribution in [1.82, 2.24) is 14.5 Å². The summed E-state index contributed by atoms with van der Waals surface area (Å²) in [7, 11) is -3.99. The molecule has 0 spiro atoms. The lowest BCUT2D eigenvalue weighted by Crippen LogP contribution is -2.30. The summed E-state index contributed by atoms with van der Waals surface area (Å²) in [5.41, 5.74) is 0.441.